The van der Waals surface area contributed by atoms with Crippen molar-refractivity contribution in [1.29, 1.82) is 0 Å². The Labute approximate surface area is 133 Å². The van der Waals surface area contributed by atoms with Crippen molar-refractivity contribution in [2.24, 2.45) is 0 Å². The Hall–Kier alpha value is -2.95. The molecule has 0 radical (unpaired) electrons. The van der Waals surface area contributed by atoms with Crippen LogP contribution in [0.1, 0.15) is 12.0 Å². The number of nitrogens with zero attached hydrogens (tertiary/aromatic N) is 2. The fraction of sp³-hybridized carbons (Fsp3) is 0.167. The monoisotopic (exact) mass is 307 g/mol. The highest BCUT2D eigenvalue weighted by atomic mass is 16.1. The van der Waals surface area contributed by atoms with Crippen LogP contribution in [-0.2, 0) is 17.9 Å². The number of fused-ring (bicyclic) bond motifs is 1. The molecule has 1 aromatic heterocycles. The molecule has 5 heteroatoms. The molecule has 1 N–H and O–H groups in total. The molecule has 0 aliphatic carbocycles. The number of aryl methyl sites for hydroxylation is 1. The Morgan fingerprint density at radius 1 is 1.04 bits per heavy atom. The fourth-order valence-electron chi connectivity index (χ4n) is 2.37. The minimum absolute atomic E-state index is 0.0890. The summed E-state index contributed by atoms with van der Waals surface area (Å²) in [5.74, 6) is -0.0890. The van der Waals surface area contributed by atoms with Crippen LogP contribution in [0, 0.1) is 0 Å². The van der Waals surface area contributed by atoms with Gasteiger partial charge in [-0.3, -0.25) is 14.2 Å². The highest BCUT2D eigenvalue weighted by molar-refractivity contribution is 5.77. The number of carbonyl (C=O) groups excluding carboxylic acids is 1. The lowest BCUT2D eigenvalue weighted by Crippen LogP contribution is -2.27. The zero-order chi connectivity index (χ0) is 16.1. The van der Waals surface area contributed by atoms with E-state index in [-0.39, 0.29) is 17.9 Å². The summed E-state index contributed by atoms with van der Waals surface area (Å²) in [5.41, 5.74) is 1.60. The van der Waals surface area contributed by atoms with E-state index in [1.54, 1.807) is 12.1 Å². The summed E-state index contributed by atoms with van der Waals surface area (Å²) in [7, 11) is 0. The third kappa shape index (κ3) is 3.63. The van der Waals surface area contributed by atoms with Crippen LogP contribution >= 0.6 is 0 Å². The summed E-state index contributed by atoms with van der Waals surface area (Å²) >= 11 is 0. The van der Waals surface area contributed by atoms with Crippen LogP contribution in [-0.4, -0.2) is 15.5 Å². The van der Waals surface area contributed by atoms with Crippen LogP contribution in [0.5, 0.6) is 0 Å². The average molecular weight is 307 g/mol. The van der Waals surface area contributed by atoms with Crippen LogP contribution in [0.25, 0.3) is 10.9 Å². The van der Waals surface area contributed by atoms with Crippen LogP contribution in [0.4, 0.5) is 0 Å². The number of para-hydroxylation sites is 1. The van der Waals surface area contributed by atoms with Gasteiger partial charge in [-0.1, -0.05) is 42.5 Å². The lowest BCUT2D eigenvalue weighted by atomic mass is 10.2. The maximum atomic E-state index is 12.3. The predicted octanol–water partition coefficient (Wildman–Crippen LogP) is 2.10. The van der Waals surface area contributed by atoms with Gasteiger partial charge in [0.05, 0.1) is 17.2 Å². The molecule has 0 aliphatic heterocycles. The molecule has 1 amide bonds. The van der Waals surface area contributed by atoms with Gasteiger partial charge in [0.15, 0.2) is 0 Å². The van der Waals surface area contributed by atoms with Gasteiger partial charge in [0.1, 0.15) is 0 Å². The smallest absolute Gasteiger partial charge is 0.261 e. The lowest BCUT2D eigenvalue weighted by Gasteiger charge is -2.08. The molecule has 5 nitrogen and oxygen atoms in total. The van der Waals surface area contributed by atoms with E-state index in [2.05, 4.69) is 10.3 Å². The van der Waals surface area contributed by atoms with Crippen molar-refractivity contribution >= 4 is 16.8 Å². The number of aromatic nitrogens is 2. The maximum Gasteiger partial charge on any atom is 0.261 e. The number of nitrogens with one attached hydrogen (secondary N) is 1. The molecular weight excluding hydrogens is 290 g/mol. The van der Waals surface area contributed by atoms with E-state index in [1.807, 2.05) is 42.5 Å². The van der Waals surface area contributed by atoms with Gasteiger partial charge in [-0.05, 0) is 17.7 Å². The van der Waals surface area contributed by atoms with E-state index < -0.39 is 0 Å². The van der Waals surface area contributed by atoms with Crippen LogP contribution in [0.3, 0.4) is 0 Å². The third-order valence-corrected chi connectivity index (χ3v) is 3.64. The van der Waals surface area contributed by atoms with Crippen molar-refractivity contribution in [2.75, 3.05) is 0 Å². The number of carbonyl (C=O) groups is 1. The van der Waals surface area contributed by atoms with Crippen molar-refractivity contribution in [3.8, 4) is 0 Å². The topological polar surface area (TPSA) is 64.0 Å². The van der Waals surface area contributed by atoms with Crippen LogP contribution in [0.2, 0.25) is 0 Å². The number of hydrogen-bond acceptors (Lipinski definition) is 3. The molecule has 0 bridgehead atoms. The summed E-state index contributed by atoms with van der Waals surface area (Å²) in [6.45, 7) is 0.807. The summed E-state index contributed by atoms with van der Waals surface area (Å²) in [6, 6.07) is 16.9. The quantitative estimate of drug-likeness (QED) is 0.785. The maximum absolute atomic E-state index is 12.3. The standard InChI is InChI=1S/C18H17N3O2/c22-17(19-12-14-6-2-1-3-7-14)10-11-21-13-20-16-9-5-4-8-15(16)18(21)23/h1-9,13H,10-12H2,(H,19,22). The molecule has 0 aliphatic rings. The molecule has 3 rings (SSSR count). The van der Waals surface area contributed by atoms with Gasteiger partial charge in [-0.25, -0.2) is 4.98 Å². The van der Waals surface area contributed by atoms with E-state index in [0.717, 1.165) is 5.56 Å². The molecule has 23 heavy (non-hydrogen) atoms. The summed E-state index contributed by atoms with van der Waals surface area (Å²) in [5, 5.41) is 3.42. The predicted molar refractivity (Wildman–Crippen MR) is 88.9 cm³/mol. The highest BCUT2D eigenvalue weighted by Gasteiger charge is 2.06. The molecule has 0 unspecified atom stereocenters. The molecule has 1 heterocycles. The number of benzene rings is 2. The fourth-order valence-corrected chi connectivity index (χ4v) is 2.37. The van der Waals surface area contributed by atoms with E-state index in [4.69, 9.17) is 0 Å². The summed E-state index contributed by atoms with van der Waals surface area (Å²) in [4.78, 5) is 28.5. The molecule has 116 valence electrons. The first kappa shape index (κ1) is 15.0. The number of rotatable bonds is 5. The molecular formula is C18H17N3O2. The zero-order valence-electron chi connectivity index (χ0n) is 12.6. The normalized spacial score (nSPS) is 10.6. The minimum Gasteiger partial charge on any atom is -0.352 e. The average Bonchev–Trinajstić information content (AvgIpc) is 2.60. The summed E-state index contributed by atoms with van der Waals surface area (Å²) in [6.07, 6.45) is 1.74. The SMILES string of the molecule is O=C(CCn1cnc2ccccc2c1=O)NCc1ccccc1. The van der Waals surface area contributed by atoms with Crippen molar-refractivity contribution in [2.45, 2.75) is 19.5 Å². The first-order valence-electron chi connectivity index (χ1n) is 7.49. The molecule has 3 aromatic rings. The highest BCUT2D eigenvalue weighted by Crippen LogP contribution is 2.05. The van der Waals surface area contributed by atoms with Gasteiger partial charge in [0.25, 0.3) is 5.56 Å². The molecule has 2 aromatic carbocycles. The van der Waals surface area contributed by atoms with Gasteiger partial charge in [-0.15, -0.1) is 0 Å². The van der Waals surface area contributed by atoms with Crippen molar-refractivity contribution < 1.29 is 4.79 Å². The van der Waals surface area contributed by atoms with Crippen molar-refractivity contribution in [3.05, 3.63) is 76.8 Å². The van der Waals surface area contributed by atoms with Gasteiger partial charge in [0, 0.05) is 19.5 Å². The second-order valence-corrected chi connectivity index (χ2v) is 5.27. The van der Waals surface area contributed by atoms with Gasteiger partial charge in [0.2, 0.25) is 5.91 Å². The minimum atomic E-state index is -0.119. The van der Waals surface area contributed by atoms with Crippen molar-refractivity contribution in [3.63, 3.8) is 0 Å². The Morgan fingerprint density at radius 3 is 2.61 bits per heavy atom. The van der Waals surface area contributed by atoms with E-state index in [1.165, 1.54) is 10.9 Å². The number of hydrogen-bond donors (Lipinski definition) is 1. The molecule has 0 saturated carbocycles. The van der Waals surface area contributed by atoms with Crippen molar-refractivity contribution in [1.82, 2.24) is 14.9 Å². The van der Waals surface area contributed by atoms with Gasteiger partial charge in [-0.2, -0.15) is 0 Å². The first-order valence-corrected chi connectivity index (χ1v) is 7.49. The Bertz CT molecular complexity index is 872. The zero-order valence-corrected chi connectivity index (χ0v) is 12.6. The van der Waals surface area contributed by atoms with Crippen LogP contribution in [0.15, 0.2) is 65.7 Å². The Morgan fingerprint density at radius 2 is 1.78 bits per heavy atom. The van der Waals surface area contributed by atoms with Crippen LogP contribution < -0.4 is 10.9 Å². The van der Waals surface area contributed by atoms with E-state index in [9.17, 15) is 9.59 Å². The lowest BCUT2D eigenvalue weighted by molar-refractivity contribution is -0.121. The van der Waals surface area contributed by atoms with Gasteiger partial charge < -0.3 is 5.32 Å². The largest absolute Gasteiger partial charge is 0.352 e. The molecule has 0 saturated heterocycles. The third-order valence-electron chi connectivity index (χ3n) is 3.64. The Kier molecular flexibility index (Phi) is 4.47. The second kappa shape index (κ2) is 6.87. The van der Waals surface area contributed by atoms with E-state index >= 15 is 0 Å². The first-order chi connectivity index (χ1) is 11.2. The van der Waals surface area contributed by atoms with Gasteiger partial charge >= 0.3 is 0 Å². The molecule has 0 atom stereocenters. The second-order valence-electron chi connectivity index (χ2n) is 5.27. The van der Waals surface area contributed by atoms with E-state index in [0.29, 0.717) is 24.0 Å². The molecule has 0 spiro atoms. The summed E-state index contributed by atoms with van der Waals surface area (Å²) < 4.78 is 1.48. The Balaban J connectivity index is 1.61. The number of amides is 1. The molecule has 0 fully saturated rings.